The topological polar surface area (TPSA) is 52.0 Å². The van der Waals surface area contributed by atoms with Gasteiger partial charge in [0.15, 0.2) is 5.82 Å². The lowest BCUT2D eigenvalue weighted by Gasteiger charge is -2.07. The first-order valence-corrected chi connectivity index (χ1v) is 7.12. The van der Waals surface area contributed by atoms with Gasteiger partial charge >= 0.3 is 0 Å². The Bertz CT molecular complexity index is 556. The molecule has 0 radical (unpaired) electrons. The van der Waals surface area contributed by atoms with Crippen LogP contribution < -0.4 is 5.73 Å². The number of nitrogens with zero attached hydrogens (tertiary/aromatic N) is 1. The van der Waals surface area contributed by atoms with Crippen LogP contribution in [0.15, 0.2) is 28.8 Å². The van der Waals surface area contributed by atoms with E-state index in [0.29, 0.717) is 11.7 Å². The second-order valence-corrected chi connectivity index (χ2v) is 5.66. The van der Waals surface area contributed by atoms with Gasteiger partial charge in [-0.2, -0.15) is 0 Å². The fourth-order valence-electron chi connectivity index (χ4n) is 2.88. The Balaban J connectivity index is 1.91. The third-order valence-electron chi connectivity index (χ3n) is 3.87. The van der Waals surface area contributed by atoms with Crippen molar-refractivity contribution in [3.05, 3.63) is 35.0 Å². The summed E-state index contributed by atoms with van der Waals surface area (Å²) in [6.07, 6.45) is 6.14. The molecule has 1 heterocycles. The van der Waals surface area contributed by atoms with Crippen LogP contribution in [0, 0.1) is 5.92 Å². The van der Waals surface area contributed by atoms with Crippen LogP contribution in [0.5, 0.6) is 0 Å². The minimum absolute atomic E-state index is 0.468. The fourth-order valence-corrected chi connectivity index (χ4v) is 3.01. The smallest absolute Gasteiger partial charge is 0.175 e. The van der Waals surface area contributed by atoms with Gasteiger partial charge in [-0.05, 0) is 23.6 Å². The van der Waals surface area contributed by atoms with Gasteiger partial charge in [0, 0.05) is 11.4 Å². The molecule has 4 heteroatoms. The highest BCUT2D eigenvalue weighted by Gasteiger charge is 2.22. The number of hydrogen-bond donors (Lipinski definition) is 1. The van der Waals surface area contributed by atoms with E-state index in [1.54, 1.807) is 0 Å². The van der Waals surface area contributed by atoms with E-state index in [9.17, 15) is 0 Å². The lowest BCUT2D eigenvalue weighted by Crippen LogP contribution is -1.99. The van der Waals surface area contributed by atoms with Gasteiger partial charge in [-0.3, -0.25) is 0 Å². The summed E-state index contributed by atoms with van der Waals surface area (Å²) >= 11 is 5.92. The van der Waals surface area contributed by atoms with Gasteiger partial charge in [0.1, 0.15) is 5.76 Å². The summed E-state index contributed by atoms with van der Waals surface area (Å²) in [6, 6.07) is 7.65. The largest absolute Gasteiger partial charge is 0.380 e. The van der Waals surface area contributed by atoms with Gasteiger partial charge in [0.25, 0.3) is 0 Å². The molecule has 19 heavy (non-hydrogen) atoms. The van der Waals surface area contributed by atoms with E-state index in [2.05, 4.69) is 5.16 Å². The van der Waals surface area contributed by atoms with Gasteiger partial charge in [-0.25, -0.2) is 0 Å². The van der Waals surface area contributed by atoms with Crippen LogP contribution in [-0.4, -0.2) is 5.16 Å². The van der Waals surface area contributed by atoms with E-state index in [0.717, 1.165) is 28.3 Å². The van der Waals surface area contributed by atoms with Crippen molar-refractivity contribution in [3.63, 3.8) is 0 Å². The number of benzene rings is 1. The van der Waals surface area contributed by atoms with Crippen molar-refractivity contribution < 1.29 is 4.52 Å². The molecule has 1 aromatic heterocycles. The maximum Gasteiger partial charge on any atom is 0.175 e. The molecule has 2 aromatic rings. The van der Waals surface area contributed by atoms with Crippen molar-refractivity contribution >= 4 is 17.4 Å². The predicted molar refractivity (Wildman–Crippen MR) is 77.0 cm³/mol. The van der Waals surface area contributed by atoms with Gasteiger partial charge in [0.05, 0.1) is 5.56 Å². The summed E-state index contributed by atoms with van der Waals surface area (Å²) in [5.41, 5.74) is 7.91. The Kier molecular flexibility index (Phi) is 3.47. The van der Waals surface area contributed by atoms with E-state index in [1.807, 2.05) is 24.3 Å². The van der Waals surface area contributed by atoms with Crippen molar-refractivity contribution in [2.45, 2.75) is 32.1 Å². The van der Waals surface area contributed by atoms with E-state index in [-0.39, 0.29) is 0 Å². The quantitative estimate of drug-likeness (QED) is 0.909. The first-order valence-electron chi connectivity index (χ1n) is 6.74. The Labute approximate surface area is 117 Å². The third-order valence-corrected chi connectivity index (χ3v) is 4.12. The Morgan fingerprint density at radius 3 is 2.58 bits per heavy atom. The lowest BCUT2D eigenvalue weighted by atomic mass is 9.97. The third kappa shape index (κ3) is 2.61. The minimum atomic E-state index is 0.468. The highest BCUT2D eigenvalue weighted by atomic mass is 35.5. The average Bonchev–Trinajstić information content (AvgIpc) is 3.02. The highest BCUT2D eigenvalue weighted by molar-refractivity contribution is 6.30. The fraction of sp³-hybridized carbons (Fsp3) is 0.400. The molecule has 1 fully saturated rings. The number of aromatic nitrogens is 1. The molecule has 2 N–H and O–H groups in total. The maximum atomic E-state index is 5.95. The van der Waals surface area contributed by atoms with E-state index >= 15 is 0 Å². The van der Waals surface area contributed by atoms with Gasteiger partial charge < -0.3 is 10.3 Å². The number of nitrogens with two attached hydrogens (primary N) is 1. The van der Waals surface area contributed by atoms with Crippen molar-refractivity contribution in [1.82, 2.24) is 5.16 Å². The van der Waals surface area contributed by atoms with E-state index in [1.165, 1.54) is 25.7 Å². The SMILES string of the molecule is Nc1noc(CC2CCCC2)c1-c1ccc(Cl)cc1. The van der Waals surface area contributed by atoms with Crippen LogP contribution in [0.1, 0.15) is 31.4 Å². The molecule has 0 amide bonds. The zero-order valence-corrected chi connectivity index (χ0v) is 11.5. The maximum absolute atomic E-state index is 5.95. The molecule has 1 saturated carbocycles. The lowest BCUT2D eigenvalue weighted by molar-refractivity contribution is 0.362. The summed E-state index contributed by atoms with van der Waals surface area (Å²) < 4.78 is 5.43. The van der Waals surface area contributed by atoms with Crippen LogP contribution >= 0.6 is 11.6 Å². The number of hydrogen-bond acceptors (Lipinski definition) is 3. The molecule has 0 aliphatic heterocycles. The molecule has 0 unspecified atom stereocenters. The highest BCUT2D eigenvalue weighted by Crippen LogP contribution is 2.35. The number of anilines is 1. The zero-order valence-electron chi connectivity index (χ0n) is 10.7. The summed E-state index contributed by atoms with van der Waals surface area (Å²) in [6.45, 7) is 0. The standard InChI is InChI=1S/C15H17ClN2O/c16-12-7-5-11(6-8-12)14-13(19-18-15(14)17)9-10-3-1-2-4-10/h5-8,10H,1-4,9H2,(H2,17,18). The summed E-state index contributed by atoms with van der Waals surface area (Å²) in [7, 11) is 0. The first-order chi connectivity index (χ1) is 9.24. The van der Waals surface area contributed by atoms with Crippen molar-refractivity contribution in [3.8, 4) is 11.1 Å². The second kappa shape index (κ2) is 5.25. The van der Waals surface area contributed by atoms with Crippen molar-refractivity contribution in [2.75, 3.05) is 5.73 Å². The Hall–Kier alpha value is -1.48. The van der Waals surface area contributed by atoms with Crippen molar-refractivity contribution in [2.24, 2.45) is 5.92 Å². The Morgan fingerprint density at radius 2 is 1.89 bits per heavy atom. The molecule has 0 atom stereocenters. The monoisotopic (exact) mass is 276 g/mol. The minimum Gasteiger partial charge on any atom is -0.380 e. The van der Waals surface area contributed by atoms with Gasteiger partial charge in [-0.15, -0.1) is 0 Å². The van der Waals surface area contributed by atoms with Crippen LogP contribution in [0.4, 0.5) is 5.82 Å². The molecule has 0 bridgehead atoms. The van der Waals surface area contributed by atoms with Crippen LogP contribution in [0.25, 0.3) is 11.1 Å². The molecule has 0 spiro atoms. The molecular weight excluding hydrogens is 260 g/mol. The molecule has 0 saturated heterocycles. The van der Waals surface area contributed by atoms with E-state index in [4.69, 9.17) is 21.9 Å². The van der Waals surface area contributed by atoms with Crippen molar-refractivity contribution in [1.29, 1.82) is 0 Å². The molecule has 1 aromatic carbocycles. The van der Waals surface area contributed by atoms with Crippen LogP contribution in [0.2, 0.25) is 5.02 Å². The van der Waals surface area contributed by atoms with Gasteiger partial charge in [-0.1, -0.05) is 54.6 Å². The molecular formula is C15H17ClN2O. The number of halogens is 1. The molecule has 3 nitrogen and oxygen atoms in total. The first kappa shape index (κ1) is 12.5. The zero-order chi connectivity index (χ0) is 13.2. The average molecular weight is 277 g/mol. The van der Waals surface area contributed by atoms with Gasteiger partial charge in [0.2, 0.25) is 0 Å². The molecule has 1 aliphatic carbocycles. The Morgan fingerprint density at radius 1 is 1.21 bits per heavy atom. The van der Waals surface area contributed by atoms with Crippen LogP contribution in [0.3, 0.4) is 0 Å². The summed E-state index contributed by atoms with van der Waals surface area (Å²) in [5.74, 6) is 2.08. The summed E-state index contributed by atoms with van der Waals surface area (Å²) in [5, 5.41) is 4.65. The molecule has 100 valence electrons. The second-order valence-electron chi connectivity index (χ2n) is 5.23. The molecule has 3 rings (SSSR count). The molecule has 1 aliphatic rings. The van der Waals surface area contributed by atoms with E-state index < -0.39 is 0 Å². The number of nitrogen functional groups attached to an aromatic ring is 1. The number of rotatable bonds is 3. The van der Waals surface area contributed by atoms with Crippen LogP contribution in [-0.2, 0) is 6.42 Å². The predicted octanol–water partition coefficient (Wildman–Crippen LogP) is 4.31. The normalized spacial score (nSPS) is 16.1. The summed E-state index contributed by atoms with van der Waals surface area (Å²) in [4.78, 5) is 0.